The standard InChI is InChI=1S/C13H18N2OS2/c1-8(2)11(12(14)17)13(16)15-5-3-10-9(7-15)4-6-18-10/h4,6,8,11H,3,5,7H2,1-2H3,(H2,14,17). The number of carbonyl (C=O) groups is 1. The lowest BCUT2D eigenvalue weighted by Gasteiger charge is -2.31. The highest BCUT2D eigenvalue weighted by Crippen LogP contribution is 2.26. The average Bonchev–Trinajstić information content (AvgIpc) is 2.74. The van der Waals surface area contributed by atoms with Crippen LogP contribution in [-0.2, 0) is 17.8 Å². The van der Waals surface area contributed by atoms with Gasteiger partial charge in [0, 0.05) is 18.0 Å². The van der Waals surface area contributed by atoms with Gasteiger partial charge in [-0.05, 0) is 29.3 Å². The maximum absolute atomic E-state index is 12.5. The van der Waals surface area contributed by atoms with Crippen molar-refractivity contribution in [2.45, 2.75) is 26.8 Å². The average molecular weight is 282 g/mol. The molecule has 2 N–H and O–H groups in total. The van der Waals surface area contributed by atoms with Gasteiger partial charge in [0.25, 0.3) is 0 Å². The van der Waals surface area contributed by atoms with Gasteiger partial charge in [-0.15, -0.1) is 11.3 Å². The lowest BCUT2D eigenvalue weighted by molar-refractivity contribution is -0.135. The third-order valence-corrected chi connectivity index (χ3v) is 4.64. The van der Waals surface area contributed by atoms with Crippen LogP contribution in [0.5, 0.6) is 0 Å². The minimum absolute atomic E-state index is 0.0781. The van der Waals surface area contributed by atoms with E-state index in [1.54, 1.807) is 11.3 Å². The van der Waals surface area contributed by atoms with Crippen molar-refractivity contribution >= 4 is 34.5 Å². The van der Waals surface area contributed by atoms with Crippen molar-refractivity contribution in [1.29, 1.82) is 0 Å². The fourth-order valence-electron chi connectivity index (χ4n) is 2.37. The molecule has 1 aromatic rings. The van der Waals surface area contributed by atoms with Crippen LogP contribution in [0.1, 0.15) is 24.3 Å². The molecule has 2 heterocycles. The molecule has 0 radical (unpaired) electrons. The second-order valence-corrected chi connectivity index (χ2v) is 6.47. The molecule has 0 bridgehead atoms. The summed E-state index contributed by atoms with van der Waals surface area (Å²) in [4.78, 5) is 16.1. The highest BCUT2D eigenvalue weighted by molar-refractivity contribution is 7.80. The van der Waals surface area contributed by atoms with Crippen LogP contribution in [0.15, 0.2) is 11.4 Å². The summed E-state index contributed by atoms with van der Waals surface area (Å²) in [6, 6.07) is 2.10. The third kappa shape index (κ3) is 2.57. The molecule has 0 saturated carbocycles. The number of carbonyl (C=O) groups excluding carboxylic acids is 1. The second-order valence-electron chi connectivity index (χ2n) is 5.00. The number of amides is 1. The summed E-state index contributed by atoms with van der Waals surface area (Å²) < 4.78 is 0. The lowest BCUT2D eigenvalue weighted by atomic mass is 9.93. The summed E-state index contributed by atoms with van der Waals surface area (Å²) in [6.45, 7) is 5.45. The fourth-order valence-corrected chi connectivity index (χ4v) is 3.63. The lowest BCUT2D eigenvalue weighted by Crippen LogP contribution is -2.45. The first-order valence-electron chi connectivity index (χ1n) is 6.14. The SMILES string of the molecule is CC(C)C(C(=O)N1CCc2sccc2C1)C(N)=S. The Labute approximate surface area is 117 Å². The van der Waals surface area contributed by atoms with Crippen LogP contribution in [-0.4, -0.2) is 22.3 Å². The summed E-state index contributed by atoms with van der Waals surface area (Å²) in [7, 11) is 0. The van der Waals surface area contributed by atoms with Gasteiger partial charge < -0.3 is 10.6 Å². The maximum Gasteiger partial charge on any atom is 0.233 e. The quantitative estimate of drug-likeness (QED) is 0.865. The molecule has 1 aliphatic rings. The molecular formula is C13H18N2OS2. The largest absolute Gasteiger partial charge is 0.393 e. The number of nitrogens with zero attached hydrogens (tertiary/aromatic N) is 1. The molecular weight excluding hydrogens is 264 g/mol. The zero-order valence-electron chi connectivity index (χ0n) is 10.7. The van der Waals surface area contributed by atoms with E-state index >= 15 is 0 Å². The van der Waals surface area contributed by atoms with E-state index in [0.29, 0.717) is 11.5 Å². The molecule has 1 atom stereocenters. The minimum Gasteiger partial charge on any atom is -0.393 e. The van der Waals surface area contributed by atoms with E-state index in [1.165, 1.54) is 10.4 Å². The van der Waals surface area contributed by atoms with Crippen LogP contribution >= 0.6 is 23.6 Å². The summed E-state index contributed by atoms with van der Waals surface area (Å²) in [6.07, 6.45) is 0.945. The molecule has 2 rings (SSSR count). The minimum atomic E-state index is -0.333. The second kappa shape index (κ2) is 5.36. The highest BCUT2D eigenvalue weighted by atomic mass is 32.1. The molecule has 0 spiro atoms. The van der Waals surface area contributed by atoms with E-state index < -0.39 is 0 Å². The molecule has 18 heavy (non-hydrogen) atoms. The highest BCUT2D eigenvalue weighted by Gasteiger charge is 2.31. The van der Waals surface area contributed by atoms with Crippen molar-refractivity contribution in [2.75, 3.05) is 6.54 Å². The molecule has 3 nitrogen and oxygen atoms in total. The van der Waals surface area contributed by atoms with E-state index in [4.69, 9.17) is 18.0 Å². The topological polar surface area (TPSA) is 46.3 Å². The Hall–Kier alpha value is -0.940. The Balaban J connectivity index is 2.13. The molecule has 1 aliphatic heterocycles. The van der Waals surface area contributed by atoms with Gasteiger partial charge in [0.15, 0.2) is 0 Å². The number of fused-ring (bicyclic) bond motifs is 1. The van der Waals surface area contributed by atoms with Gasteiger partial charge in [0.2, 0.25) is 5.91 Å². The number of hydrogen-bond donors (Lipinski definition) is 1. The zero-order valence-corrected chi connectivity index (χ0v) is 12.3. The zero-order chi connectivity index (χ0) is 13.3. The first-order chi connectivity index (χ1) is 8.50. The van der Waals surface area contributed by atoms with Crippen LogP contribution in [0.25, 0.3) is 0 Å². The molecule has 5 heteroatoms. The number of hydrogen-bond acceptors (Lipinski definition) is 3. The van der Waals surface area contributed by atoms with E-state index in [0.717, 1.165) is 13.0 Å². The predicted octanol–water partition coefficient (Wildman–Crippen LogP) is 2.19. The number of nitrogens with two attached hydrogens (primary N) is 1. The van der Waals surface area contributed by atoms with Crippen molar-refractivity contribution in [3.05, 3.63) is 21.9 Å². The predicted molar refractivity (Wildman–Crippen MR) is 78.6 cm³/mol. The van der Waals surface area contributed by atoms with Crippen LogP contribution in [0.2, 0.25) is 0 Å². The molecule has 0 aromatic carbocycles. The molecule has 1 unspecified atom stereocenters. The van der Waals surface area contributed by atoms with Gasteiger partial charge in [-0.3, -0.25) is 4.79 Å². The Bertz CT molecular complexity index is 467. The molecule has 1 aromatic heterocycles. The normalized spacial score (nSPS) is 16.5. The summed E-state index contributed by atoms with van der Waals surface area (Å²) in [5.74, 6) is -0.103. The smallest absolute Gasteiger partial charge is 0.233 e. The van der Waals surface area contributed by atoms with E-state index in [2.05, 4.69) is 11.4 Å². The number of thiocarbonyl (C=S) groups is 1. The molecule has 0 fully saturated rings. The Morgan fingerprint density at radius 3 is 2.89 bits per heavy atom. The third-order valence-electron chi connectivity index (χ3n) is 3.36. The summed E-state index contributed by atoms with van der Waals surface area (Å²) in [5.41, 5.74) is 6.97. The Kier molecular flexibility index (Phi) is 4.02. The van der Waals surface area contributed by atoms with E-state index in [1.807, 2.05) is 18.7 Å². The molecule has 0 aliphatic carbocycles. The molecule has 0 saturated heterocycles. The van der Waals surface area contributed by atoms with Gasteiger partial charge in [0.1, 0.15) is 0 Å². The first-order valence-corrected chi connectivity index (χ1v) is 7.43. The van der Waals surface area contributed by atoms with Gasteiger partial charge in [-0.25, -0.2) is 0 Å². The Morgan fingerprint density at radius 1 is 1.56 bits per heavy atom. The molecule has 98 valence electrons. The monoisotopic (exact) mass is 282 g/mol. The van der Waals surface area contributed by atoms with Crippen LogP contribution in [0.4, 0.5) is 0 Å². The Morgan fingerprint density at radius 2 is 2.28 bits per heavy atom. The van der Waals surface area contributed by atoms with Crippen molar-refractivity contribution in [3.8, 4) is 0 Å². The van der Waals surface area contributed by atoms with Crippen LogP contribution in [0, 0.1) is 11.8 Å². The fraction of sp³-hybridized carbons (Fsp3) is 0.538. The van der Waals surface area contributed by atoms with Gasteiger partial charge in [-0.2, -0.15) is 0 Å². The van der Waals surface area contributed by atoms with Crippen LogP contribution in [0.3, 0.4) is 0 Å². The van der Waals surface area contributed by atoms with Crippen molar-refractivity contribution in [2.24, 2.45) is 17.6 Å². The van der Waals surface area contributed by atoms with Gasteiger partial charge >= 0.3 is 0 Å². The first kappa shape index (κ1) is 13.5. The van der Waals surface area contributed by atoms with Gasteiger partial charge in [0.05, 0.1) is 10.9 Å². The van der Waals surface area contributed by atoms with Gasteiger partial charge in [-0.1, -0.05) is 26.1 Å². The molecule has 1 amide bonds. The van der Waals surface area contributed by atoms with Crippen molar-refractivity contribution in [3.63, 3.8) is 0 Å². The maximum atomic E-state index is 12.5. The number of thiophene rings is 1. The summed E-state index contributed by atoms with van der Waals surface area (Å²) >= 11 is 6.80. The van der Waals surface area contributed by atoms with Crippen molar-refractivity contribution < 1.29 is 4.79 Å². The van der Waals surface area contributed by atoms with E-state index in [9.17, 15) is 4.79 Å². The van der Waals surface area contributed by atoms with Crippen molar-refractivity contribution in [1.82, 2.24) is 4.90 Å². The van der Waals surface area contributed by atoms with E-state index in [-0.39, 0.29) is 17.7 Å². The summed E-state index contributed by atoms with van der Waals surface area (Å²) in [5, 5.41) is 2.09. The number of rotatable bonds is 3. The van der Waals surface area contributed by atoms with Crippen LogP contribution < -0.4 is 5.73 Å².